The zero-order valence-electron chi connectivity index (χ0n) is 17.9. The maximum absolute atomic E-state index is 12.7. The van der Waals surface area contributed by atoms with Crippen molar-refractivity contribution in [3.05, 3.63) is 65.2 Å². The van der Waals surface area contributed by atoms with Crippen LogP contribution in [0.15, 0.2) is 48.5 Å². The Morgan fingerprint density at radius 1 is 0.821 bits per heavy atom. The molecule has 2 rings (SSSR count). The minimum atomic E-state index is -0.619. The van der Waals surface area contributed by atoms with Crippen LogP contribution in [0.2, 0.25) is 0 Å². The summed E-state index contributed by atoms with van der Waals surface area (Å²) in [6, 6.07) is 14.8. The Balaban J connectivity index is 2.05. The summed E-state index contributed by atoms with van der Waals surface area (Å²) < 4.78 is 5.65. The van der Waals surface area contributed by atoms with Crippen LogP contribution in [0, 0.1) is 0 Å². The van der Waals surface area contributed by atoms with Gasteiger partial charge in [-0.3, -0.25) is 4.79 Å². The van der Waals surface area contributed by atoms with Crippen molar-refractivity contribution in [3.8, 4) is 5.75 Å². The first-order chi connectivity index (χ1) is 13.1. The molecule has 2 aromatic rings. The Kier molecular flexibility index (Phi) is 7.39. The van der Waals surface area contributed by atoms with Crippen LogP contribution in [0.1, 0.15) is 75.9 Å². The summed E-state index contributed by atoms with van der Waals surface area (Å²) in [4.78, 5) is 23.8. The number of hydrogen-bond donors (Lipinski definition) is 0. The van der Waals surface area contributed by atoms with E-state index in [1.54, 1.807) is 0 Å². The summed E-state index contributed by atoms with van der Waals surface area (Å²) in [5.41, 5.74) is 1.21. The standard InChI is InChI=1S/C24H32O4/c1-7-8-17-26-21-15-11-19(12-16-21)22(25)18-9-13-20(14-10-18)24(5,6)28-27-23(2,3)4/h9-16H,7-8,17H2,1-6H3. The molecule has 4 nitrogen and oxygen atoms in total. The lowest BCUT2D eigenvalue weighted by Crippen LogP contribution is -2.28. The molecule has 0 amide bonds. The van der Waals surface area contributed by atoms with Crippen molar-refractivity contribution in [2.45, 2.75) is 65.6 Å². The first kappa shape index (κ1) is 22.1. The van der Waals surface area contributed by atoms with Crippen LogP contribution in [-0.4, -0.2) is 18.0 Å². The van der Waals surface area contributed by atoms with Crippen LogP contribution in [0.5, 0.6) is 5.75 Å². The van der Waals surface area contributed by atoms with Crippen LogP contribution >= 0.6 is 0 Å². The van der Waals surface area contributed by atoms with Crippen LogP contribution < -0.4 is 4.74 Å². The SMILES string of the molecule is CCCCOc1ccc(C(=O)c2ccc(C(C)(C)OOC(C)(C)C)cc2)cc1. The van der Waals surface area contributed by atoms with E-state index in [-0.39, 0.29) is 11.4 Å². The maximum Gasteiger partial charge on any atom is 0.193 e. The second-order valence-electron chi connectivity index (χ2n) is 8.42. The Hall–Kier alpha value is -2.17. The van der Waals surface area contributed by atoms with Crippen molar-refractivity contribution in [1.29, 1.82) is 0 Å². The Morgan fingerprint density at radius 3 is 1.86 bits per heavy atom. The van der Waals surface area contributed by atoms with Gasteiger partial charge in [-0.1, -0.05) is 37.6 Å². The fraction of sp³-hybridized carbons (Fsp3) is 0.458. The highest BCUT2D eigenvalue weighted by Crippen LogP contribution is 2.28. The van der Waals surface area contributed by atoms with Gasteiger partial charge in [0.25, 0.3) is 0 Å². The van der Waals surface area contributed by atoms with Gasteiger partial charge in [0, 0.05) is 11.1 Å². The summed E-state index contributed by atoms with van der Waals surface area (Å²) >= 11 is 0. The number of carbonyl (C=O) groups is 1. The van der Waals surface area contributed by atoms with Gasteiger partial charge >= 0.3 is 0 Å². The molecule has 0 atom stereocenters. The molecule has 0 aromatic heterocycles. The number of hydrogen-bond acceptors (Lipinski definition) is 4. The Morgan fingerprint density at radius 2 is 1.36 bits per heavy atom. The highest BCUT2D eigenvalue weighted by atomic mass is 17.2. The fourth-order valence-electron chi connectivity index (χ4n) is 2.50. The van der Waals surface area contributed by atoms with Crippen LogP contribution in [0.3, 0.4) is 0 Å². The first-order valence-corrected chi connectivity index (χ1v) is 9.87. The quantitative estimate of drug-likeness (QED) is 0.227. The average Bonchev–Trinajstić information content (AvgIpc) is 2.66. The van der Waals surface area contributed by atoms with Gasteiger partial charge < -0.3 is 4.74 Å². The molecule has 0 heterocycles. The van der Waals surface area contributed by atoms with E-state index < -0.39 is 5.60 Å². The smallest absolute Gasteiger partial charge is 0.193 e. The summed E-state index contributed by atoms with van der Waals surface area (Å²) in [7, 11) is 0. The molecule has 0 radical (unpaired) electrons. The molecule has 0 aliphatic heterocycles. The molecule has 0 bridgehead atoms. The van der Waals surface area contributed by atoms with Gasteiger partial charge in [0.2, 0.25) is 0 Å². The maximum atomic E-state index is 12.7. The van der Waals surface area contributed by atoms with Gasteiger partial charge in [-0.2, -0.15) is 0 Å². The van der Waals surface area contributed by atoms with E-state index in [0.29, 0.717) is 17.7 Å². The van der Waals surface area contributed by atoms with Crippen molar-refractivity contribution in [2.75, 3.05) is 6.61 Å². The number of rotatable bonds is 9. The Labute approximate surface area is 168 Å². The number of ether oxygens (including phenoxy) is 1. The van der Waals surface area contributed by atoms with E-state index in [0.717, 1.165) is 24.2 Å². The monoisotopic (exact) mass is 384 g/mol. The molecule has 0 spiro atoms. The molecule has 0 N–H and O–H groups in total. The molecular formula is C24H32O4. The fourth-order valence-corrected chi connectivity index (χ4v) is 2.50. The summed E-state index contributed by atoms with van der Waals surface area (Å²) in [5.74, 6) is 0.773. The van der Waals surface area contributed by atoms with Gasteiger partial charge in [-0.05, 0) is 70.9 Å². The summed E-state index contributed by atoms with van der Waals surface area (Å²) in [6.07, 6.45) is 2.12. The van der Waals surface area contributed by atoms with Crippen LogP contribution in [-0.2, 0) is 15.4 Å². The zero-order valence-corrected chi connectivity index (χ0v) is 17.9. The lowest BCUT2D eigenvalue weighted by atomic mass is 9.95. The van der Waals surface area contributed by atoms with Crippen molar-refractivity contribution in [1.82, 2.24) is 0 Å². The van der Waals surface area contributed by atoms with E-state index in [9.17, 15) is 4.79 Å². The molecule has 2 aromatic carbocycles. The van der Waals surface area contributed by atoms with Crippen LogP contribution in [0.4, 0.5) is 0 Å². The molecule has 0 aliphatic rings. The second kappa shape index (κ2) is 9.35. The van der Waals surface area contributed by atoms with E-state index >= 15 is 0 Å². The van der Waals surface area contributed by atoms with Crippen molar-refractivity contribution in [3.63, 3.8) is 0 Å². The van der Waals surface area contributed by atoms with E-state index in [1.165, 1.54) is 0 Å². The molecule has 4 heteroatoms. The normalized spacial score (nSPS) is 12.1. The second-order valence-corrected chi connectivity index (χ2v) is 8.42. The third-order valence-corrected chi connectivity index (χ3v) is 4.23. The molecule has 0 saturated carbocycles. The lowest BCUT2D eigenvalue weighted by Gasteiger charge is -2.29. The van der Waals surface area contributed by atoms with Crippen molar-refractivity contribution < 1.29 is 19.3 Å². The molecule has 0 fully saturated rings. The van der Waals surface area contributed by atoms with E-state index in [1.807, 2.05) is 83.1 Å². The minimum absolute atomic E-state index is 0.0173. The first-order valence-electron chi connectivity index (χ1n) is 9.87. The molecule has 0 saturated heterocycles. The molecular weight excluding hydrogens is 352 g/mol. The number of carbonyl (C=O) groups excluding carboxylic acids is 1. The molecule has 0 aliphatic carbocycles. The van der Waals surface area contributed by atoms with Crippen molar-refractivity contribution >= 4 is 5.78 Å². The highest BCUT2D eigenvalue weighted by Gasteiger charge is 2.26. The van der Waals surface area contributed by atoms with E-state index in [4.69, 9.17) is 14.5 Å². The predicted octanol–water partition coefficient (Wildman–Crippen LogP) is 6.08. The molecule has 28 heavy (non-hydrogen) atoms. The van der Waals surface area contributed by atoms with Gasteiger partial charge in [0.1, 0.15) is 11.4 Å². The summed E-state index contributed by atoms with van der Waals surface area (Å²) in [6.45, 7) is 12.5. The van der Waals surface area contributed by atoms with Gasteiger partial charge in [0.15, 0.2) is 5.78 Å². The van der Waals surface area contributed by atoms with E-state index in [2.05, 4.69) is 6.92 Å². The number of unbranched alkanes of at least 4 members (excludes halogenated alkanes) is 1. The van der Waals surface area contributed by atoms with Gasteiger partial charge in [-0.25, -0.2) is 9.78 Å². The molecule has 152 valence electrons. The number of benzene rings is 2. The van der Waals surface area contributed by atoms with Crippen molar-refractivity contribution in [2.24, 2.45) is 0 Å². The lowest BCUT2D eigenvalue weighted by molar-refractivity contribution is -0.401. The predicted molar refractivity (Wildman–Crippen MR) is 112 cm³/mol. The third-order valence-electron chi connectivity index (χ3n) is 4.23. The molecule has 0 unspecified atom stereocenters. The number of ketones is 1. The average molecular weight is 385 g/mol. The van der Waals surface area contributed by atoms with Gasteiger partial charge in [-0.15, -0.1) is 0 Å². The topological polar surface area (TPSA) is 44.8 Å². The third kappa shape index (κ3) is 6.47. The largest absolute Gasteiger partial charge is 0.494 e. The zero-order chi connectivity index (χ0) is 20.8. The Bertz CT molecular complexity index is 753. The summed E-state index contributed by atoms with van der Waals surface area (Å²) in [5, 5.41) is 0. The highest BCUT2D eigenvalue weighted by molar-refractivity contribution is 6.09. The van der Waals surface area contributed by atoms with Crippen LogP contribution in [0.25, 0.3) is 0 Å². The van der Waals surface area contributed by atoms with Gasteiger partial charge in [0.05, 0.1) is 12.2 Å². The minimum Gasteiger partial charge on any atom is -0.494 e.